The number of hydrogen-bond donors (Lipinski definition) is 0. The number of nitrogens with zero attached hydrogens (tertiary/aromatic N) is 2. The quantitative estimate of drug-likeness (QED) is 0.716. The van der Waals surface area contributed by atoms with Crippen molar-refractivity contribution in [2.75, 3.05) is 13.2 Å². The highest BCUT2D eigenvalue weighted by molar-refractivity contribution is 5.74. The van der Waals surface area contributed by atoms with Gasteiger partial charge in [-0.2, -0.15) is 0 Å². The van der Waals surface area contributed by atoms with Gasteiger partial charge in [-0.25, -0.2) is 0 Å². The van der Waals surface area contributed by atoms with Crippen molar-refractivity contribution in [1.82, 2.24) is 9.88 Å². The molecule has 1 heterocycles. The molecule has 0 radical (unpaired) electrons. The number of hydrogen-bond acceptors (Lipinski definition) is 4. The molecule has 5 nitrogen and oxygen atoms in total. The first-order valence-electron chi connectivity index (χ1n) is 5.94. The zero-order valence-corrected chi connectivity index (χ0v) is 10.8. The van der Waals surface area contributed by atoms with Crippen LogP contribution in [-0.4, -0.2) is 34.9 Å². The van der Waals surface area contributed by atoms with Crippen LogP contribution in [-0.2, 0) is 20.9 Å². The van der Waals surface area contributed by atoms with Gasteiger partial charge in [0.15, 0.2) is 0 Å². The van der Waals surface area contributed by atoms with E-state index >= 15 is 0 Å². The van der Waals surface area contributed by atoms with Gasteiger partial charge in [-0.05, 0) is 19.1 Å². The van der Waals surface area contributed by atoms with Crippen molar-refractivity contribution in [3.63, 3.8) is 0 Å². The van der Waals surface area contributed by atoms with Crippen LogP contribution in [0.15, 0.2) is 24.4 Å². The van der Waals surface area contributed by atoms with Gasteiger partial charge in [-0.15, -0.1) is 0 Å². The normalized spacial score (nSPS) is 9.89. The molecule has 1 amide bonds. The molecule has 0 bridgehead atoms. The second-order valence-electron chi connectivity index (χ2n) is 3.82. The zero-order valence-electron chi connectivity index (χ0n) is 10.8. The fourth-order valence-electron chi connectivity index (χ4n) is 1.49. The summed E-state index contributed by atoms with van der Waals surface area (Å²) < 4.78 is 4.83. The van der Waals surface area contributed by atoms with Crippen LogP contribution in [0.5, 0.6) is 0 Å². The van der Waals surface area contributed by atoms with Crippen LogP contribution in [0.25, 0.3) is 0 Å². The monoisotopic (exact) mass is 250 g/mol. The molecule has 98 valence electrons. The molecule has 0 aliphatic carbocycles. The summed E-state index contributed by atoms with van der Waals surface area (Å²) in [6.07, 6.45) is 1.89. The minimum absolute atomic E-state index is 0.0787. The largest absolute Gasteiger partial charge is 0.466 e. The number of aromatic nitrogens is 1. The summed E-state index contributed by atoms with van der Waals surface area (Å²) in [6.45, 7) is 4.36. The van der Waals surface area contributed by atoms with Gasteiger partial charge in [0.05, 0.1) is 25.3 Å². The molecule has 5 heteroatoms. The third-order valence-corrected chi connectivity index (χ3v) is 2.42. The molecule has 1 rings (SSSR count). The van der Waals surface area contributed by atoms with Gasteiger partial charge in [0.25, 0.3) is 0 Å². The Hall–Kier alpha value is -1.91. The van der Waals surface area contributed by atoms with Crippen molar-refractivity contribution in [1.29, 1.82) is 0 Å². The van der Waals surface area contributed by atoms with Crippen molar-refractivity contribution < 1.29 is 14.3 Å². The number of esters is 1. The standard InChI is InChI=1S/C13H18N2O3/c1-3-18-13(17)7-9-15(11(2)16)10-12-6-4-5-8-14-12/h4-6,8H,3,7,9-10H2,1-2H3. The van der Waals surface area contributed by atoms with Crippen molar-refractivity contribution in [2.24, 2.45) is 0 Å². The molecule has 0 saturated carbocycles. The van der Waals surface area contributed by atoms with Crippen LogP contribution in [0, 0.1) is 0 Å². The Morgan fingerprint density at radius 2 is 2.17 bits per heavy atom. The van der Waals surface area contributed by atoms with E-state index in [9.17, 15) is 9.59 Å². The maximum atomic E-state index is 11.5. The topological polar surface area (TPSA) is 59.5 Å². The minimum Gasteiger partial charge on any atom is -0.466 e. The maximum Gasteiger partial charge on any atom is 0.307 e. The second-order valence-corrected chi connectivity index (χ2v) is 3.82. The van der Waals surface area contributed by atoms with E-state index in [1.54, 1.807) is 18.0 Å². The molecule has 1 aromatic rings. The van der Waals surface area contributed by atoms with E-state index < -0.39 is 0 Å². The van der Waals surface area contributed by atoms with Gasteiger partial charge >= 0.3 is 5.97 Å². The molecule has 0 atom stereocenters. The Labute approximate surface area is 107 Å². The van der Waals surface area contributed by atoms with Gasteiger partial charge < -0.3 is 9.64 Å². The molecule has 0 aliphatic rings. The lowest BCUT2D eigenvalue weighted by atomic mass is 10.3. The number of pyridine rings is 1. The van der Waals surface area contributed by atoms with Gasteiger partial charge in [0, 0.05) is 19.7 Å². The minimum atomic E-state index is -0.287. The van der Waals surface area contributed by atoms with Gasteiger partial charge in [0.2, 0.25) is 5.91 Å². The van der Waals surface area contributed by atoms with Crippen LogP contribution in [0.1, 0.15) is 26.0 Å². The zero-order chi connectivity index (χ0) is 13.4. The van der Waals surface area contributed by atoms with Crippen molar-refractivity contribution in [3.05, 3.63) is 30.1 Å². The predicted molar refractivity (Wildman–Crippen MR) is 66.6 cm³/mol. The molecular formula is C13H18N2O3. The van der Waals surface area contributed by atoms with Crippen LogP contribution < -0.4 is 0 Å². The first kappa shape index (κ1) is 14.2. The van der Waals surface area contributed by atoms with Crippen molar-refractivity contribution >= 4 is 11.9 Å². The lowest BCUT2D eigenvalue weighted by Crippen LogP contribution is -2.31. The molecule has 0 spiro atoms. The average Bonchev–Trinajstić information content (AvgIpc) is 2.35. The molecule has 0 fully saturated rings. The van der Waals surface area contributed by atoms with Crippen molar-refractivity contribution in [2.45, 2.75) is 26.8 Å². The Balaban J connectivity index is 2.51. The third-order valence-electron chi connectivity index (χ3n) is 2.42. The first-order valence-corrected chi connectivity index (χ1v) is 5.94. The van der Waals surface area contributed by atoms with E-state index in [1.165, 1.54) is 6.92 Å². The Morgan fingerprint density at radius 3 is 2.72 bits per heavy atom. The van der Waals surface area contributed by atoms with Crippen LogP contribution in [0.4, 0.5) is 0 Å². The molecule has 0 aliphatic heterocycles. The highest BCUT2D eigenvalue weighted by Crippen LogP contribution is 2.03. The van der Waals surface area contributed by atoms with E-state index in [0.717, 1.165) is 5.69 Å². The highest BCUT2D eigenvalue weighted by atomic mass is 16.5. The number of carbonyl (C=O) groups is 2. The fraction of sp³-hybridized carbons (Fsp3) is 0.462. The SMILES string of the molecule is CCOC(=O)CCN(Cc1ccccn1)C(C)=O. The highest BCUT2D eigenvalue weighted by Gasteiger charge is 2.12. The second kappa shape index (κ2) is 7.42. The third kappa shape index (κ3) is 4.95. The molecule has 0 N–H and O–H groups in total. The summed E-state index contributed by atoms with van der Waals surface area (Å²) in [4.78, 5) is 28.4. The van der Waals surface area contributed by atoms with E-state index in [-0.39, 0.29) is 18.3 Å². The number of rotatable bonds is 6. The van der Waals surface area contributed by atoms with Gasteiger partial charge in [-0.3, -0.25) is 14.6 Å². The van der Waals surface area contributed by atoms with Gasteiger partial charge in [0.1, 0.15) is 0 Å². The fourth-order valence-corrected chi connectivity index (χ4v) is 1.49. The molecule has 0 unspecified atom stereocenters. The first-order chi connectivity index (χ1) is 8.63. The Kier molecular flexibility index (Phi) is 5.84. The molecular weight excluding hydrogens is 232 g/mol. The van der Waals surface area contributed by atoms with E-state index in [2.05, 4.69) is 4.98 Å². The average molecular weight is 250 g/mol. The maximum absolute atomic E-state index is 11.5. The number of amides is 1. The van der Waals surface area contributed by atoms with E-state index in [0.29, 0.717) is 19.7 Å². The summed E-state index contributed by atoms with van der Waals surface area (Å²) in [5.41, 5.74) is 0.802. The lowest BCUT2D eigenvalue weighted by Gasteiger charge is -2.20. The van der Waals surface area contributed by atoms with Crippen LogP contribution in [0.2, 0.25) is 0 Å². The summed E-state index contributed by atoms with van der Waals surface area (Å²) in [7, 11) is 0. The summed E-state index contributed by atoms with van der Waals surface area (Å²) in [5.74, 6) is -0.366. The molecule has 0 saturated heterocycles. The van der Waals surface area contributed by atoms with Crippen LogP contribution >= 0.6 is 0 Å². The number of carbonyl (C=O) groups excluding carboxylic acids is 2. The van der Waals surface area contributed by atoms with E-state index in [4.69, 9.17) is 4.74 Å². The number of ether oxygens (including phenoxy) is 1. The van der Waals surface area contributed by atoms with Crippen LogP contribution in [0.3, 0.4) is 0 Å². The smallest absolute Gasteiger partial charge is 0.307 e. The molecule has 1 aromatic heterocycles. The summed E-state index contributed by atoms with van der Waals surface area (Å²) in [6, 6.07) is 5.53. The molecule has 18 heavy (non-hydrogen) atoms. The van der Waals surface area contributed by atoms with Gasteiger partial charge in [-0.1, -0.05) is 6.07 Å². The molecule has 0 aromatic carbocycles. The van der Waals surface area contributed by atoms with E-state index in [1.807, 2.05) is 18.2 Å². The van der Waals surface area contributed by atoms with Crippen molar-refractivity contribution in [3.8, 4) is 0 Å². The predicted octanol–water partition coefficient (Wildman–Crippen LogP) is 1.38. The Morgan fingerprint density at radius 1 is 1.39 bits per heavy atom. The lowest BCUT2D eigenvalue weighted by molar-refractivity contribution is -0.144. The summed E-state index contributed by atoms with van der Waals surface area (Å²) >= 11 is 0. The Bertz CT molecular complexity index is 392. The summed E-state index contributed by atoms with van der Waals surface area (Å²) in [5, 5.41) is 0.